The van der Waals surface area contributed by atoms with Crippen molar-refractivity contribution in [2.45, 2.75) is 103 Å². The molecule has 8 atom stereocenters. The second-order valence-corrected chi connectivity index (χ2v) is 10.1. The van der Waals surface area contributed by atoms with Crippen LogP contribution in [0.4, 0.5) is 0 Å². The fourth-order valence-electron chi connectivity index (χ4n) is 4.54. The lowest BCUT2D eigenvalue weighted by Crippen LogP contribution is -2.50. The predicted octanol–water partition coefficient (Wildman–Crippen LogP) is 3.23. The number of allylic oxidation sites excluding steroid dienone is 2. The fraction of sp³-hybridized carbons (Fsp3) is 0.607. The summed E-state index contributed by atoms with van der Waals surface area (Å²) in [7, 11) is 0. The summed E-state index contributed by atoms with van der Waals surface area (Å²) in [5, 5.41) is 22.4. The standard InChI is InChI=1S/C28H41NO8/c1-16(8-11-25-28(34)18(3)13-22(37-25)15-27(32)33)7-10-24-17(2)14-23(20(5)36-24)29-26(31)12-9-19(4)35-21(6)30/h7-9,11-12,17,19-20,22-25,28,34H,3,10,13-15H2,1-2,4-6H3,(H,29,31)(H,32,33)/b11-8+,12-9-,16-7+/t17-,19-,20+,22-,23+,24-,25+,28-/m0/s1. The molecular weight excluding hydrogens is 478 g/mol. The maximum Gasteiger partial charge on any atom is 0.305 e. The lowest BCUT2D eigenvalue weighted by atomic mass is 9.88. The van der Waals surface area contributed by atoms with Crippen molar-refractivity contribution in [3.05, 3.63) is 48.1 Å². The van der Waals surface area contributed by atoms with Gasteiger partial charge in [-0.2, -0.15) is 0 Å². The van der Waals surface area contributed by atoms with Crippen LogP contribution < -0.4 is 5.32 Å². The van der Waals surface area contributed by atoms with Gasteiger partial charge in [-0.3, -0.25) is 14.4 Å². The molecule has 37 heavy (non-hydrogen) atoms. The van der Waals surface area contributed by atoms with E-state index in [9.17, 15) is 19.5 Å². The number of hydrogen-bond donors (Lipinski definition) is 3. The Labute approximate surface area is 219 Å². The van der Waals surface area contributed by atoms with Gasteiger partial charge in [-0.15, -0.1) is 0 Å². The van der Waals surface area contributed by atoms with Gasteiger partial charge in [-0.1, -0.05) is 37.3 Å². The van der Waals surface area contributed by atoms with E-state index in [-0.39, 0.29) is 36.5 Å². The van der Waals surface area contributed by atoms with Crippen LogP contribution in [0.1, 0.15) is 60.3 Å². The number of carboxylic acids is 1. The van der Waals surface area contributed by atoms with Crippen LogP contribution >= 0.6 is 0 Å². The van der Waals surface area contributed by atoms with Crippen LogP contribution in [0.5, 0.6) is 0 Å². The van der Waals surface area contributed by atoms with Crippen LogP contribution in [-0.4, -0.2) is 70.7 Å². The zero-order chi connectivity index (χ0) is 27.7. The number of rotatable bonds is 10. The van der Waals surface area contributed by atoms with E-state index in [1.54, 1.807) is 13.0 Å². The van der Waals surface area contributed by atoms with E-state index in [1.165, 1.54) is 19.1 Å². The number of ether oxygens (including phenoxy) is 3. The first-order chi connectivity index (χ1) is 17.3. The number of carboxylic acid groups (broad SMARTS) is 1. The molecule has 0 aromatic heterocycles. The largest absolute Gasteiger partial charge is 0.481 e. The first-order valence-electron chi connectivity index (χ1n) is 12.7. The first-order valence-corrected chi connectivity index (χ1v) is 12.7. The van der Waals surface area contributed by atoms with E-state index >= 15 is 0 Å². The Bertz CT molecular complexity index is 923. The van der Waals surface area contributed by atoms with Crippen LogP contribution in [0.2, 0.25) is 0 Å². The highest BCUT2D eigenvalue weighted by Crippen LogP contribution is 2.29. The maximum absolute atomic E-state index is 12.3. The van der Waals surface area contributed by atoms with Gasteiger partial charge in [0.2, 0.25) is 5.91 Å². The molecule has 3 N–H and O–H groups in total. The van der Waals surface area contributed by atoms with Crippen molar-refractivity contribution in [3.8, 4) is 0 Å². The number of carbonyl (C=O) groups excluding carboxylic acids is 2. The molecule has 9 heteroatoms. The van der Waals surface area contributed by atoms with Crippen molar-refractivity contribution in [1.29, 1.82) is 0 Å². The summed E-state index contributed by atoms with van der Waals surface area (Å²) < 4.78 is 16.9. The van der Waals surface area contributed by atoms with E-state index in [4.69, 9.17) is 19.3 Å². The smallest absolute Gasteiger partial charge is 0.305 e. The van der Waals surface area contributed by atoms with Crippen molar-refractivity contribution in [3.63, 3.8) is 0 Å². The Hall–Kier alpha value is -2.75. The number of nitrogens with one attached hydrogen (secondary N) is 1. The van der Waals surface area contributed by atoms with Crippen molar-refractivity contribution < 1.29 is 38.8 Å². The average molecular weight is 520 g/mol. The monoisotopic (exact) mass is 519 g/mol. The third-order valence-corrected chi connectivity index (χ3v) is 6.61. The van der Waals surface area contributed by atoms with Gasteiger partial charge in [0.05, 0.1) is 30.8 Å². The molecule has 9 nitrogen and oxygen atoms in total. The molecule has 206 valence electrons. The van der Waals surface area contributed by atoms with Crippen molar-refractivity contribution in [1.82, 2.24) is 5.32 Å². The van der Waals surface area contributed by atoms with Crippen LogP contribution in [0, 0.1) is 5.92 Å². The Balaban J connectivity index is 1.87. The first kappa shape index (κ1) is 30.5. The third kappa shape index (κ3) is 10.3. The molecule has 0 aliphatic carbocycles. The second kappa shape index (κ2) is 14.3. The van der Waals surface area contributed by atoms with E-state index in [1.807, 2.05) is 19.9 Å². The average Bonchev–Trinajstić information content (AvgIpc) is 2.79. The van der Waals surface area contributed by atoms with E-state index < -0.39 is 36.4 Å². The lowest BCUT2D eigenvalue weighted by molar-refractivity contribution is -0.144. The number of aliphatic hydroxyl groups excluding tert-OH is 1. The van der Waals surface area contributed by atoms with Crippen LogP contribution in [0.3, 0.4) is 0 Å². The summed E-state index contributed by atoms with van der Waals surface area (Å²) in [5.41, 5.74) is 1.54. The molecular formula is C28H41NO8. The molecule has 2 aliphatic rings. The second-order valence-electron chi connectivity index (χ2n) is 10.1. The van der Waals surface area contributed by atoms with E-state index in [0.29, 0.717) is 18.4 Å². The third-order valence-electron chi connectivity index (χ3n) is 6.61. The van der Waals surface area contributed by atoms with Crippen LogP contribution in [0.25, 0.3) is 0 Å². The molecule has 2 fully saturated rings. The van der Waals surface area contributed by atoms with Crippen LogP contribution in [-0.2, 0) is 28.6 Å². The molecule has 0 bridgehead atoms. The number of amides is 1. The molecule has 0 aromatic rings. The number of esters is 1. The van der Waals surface area contributed by atoms with E-state index in [0.717, 1.165) is 12.0 Å². The molecule has 2 rings (SSSR count). The van der Waals surface area contributed by atoms with Gasteiger partial charge >= 0.3 is 11.9 Å². The van der Waals surface area contributed by atoms with Gasteiger partial charge in [0.25, 0.3) is 0 Å². The van der Waals surface area contributed by atoms with Crippen molar-refractivity contribution in [2.75, 3.05) is 0 Å². The minimum absolute atomic E-state index is 0.0118. The van der Waals surface area contributed by atoms with Crippen LogP contribution in [0.15, 0.2) is 48.1 Å². The molecule has 2 aliphatic heterocycles. The van der Waals surface area contributed by atoms with Gasteiger partial charge in [-0.25, -0.2) is 0 Å². The summed E-state index contributed by atoms with van der Waals surface area (Å²) in [6, 6.07) is -0.130. The quantitative estimate of drug-likeness (QED) is 0.174. The van der Waals surface area contributed by atoms with Gasteiger partial charge in [0.1, 0.15) is 18.3 Å². The van der Waals surface area contributed by atoms with Crippen molar-refractivity contribution >= 4 is 17.8 Å². The number of aliphatic hydroxyl groups is 1. The number of hydrogen-bond acceptors (Lipinski definition) is 7. The van der Waals surface area contributed by atoms with Crippen molar-refractivity contribution in [2.24, 2.45) is 5.92 Å². The number of aliphatic carboxylic acids is 1. The Kier molecular flexibility index (Phi) is 11.7. The molecule has 1 amide bonds. The normalized spacial score (nSPS) is 31.9. The van der Waals surface area contributed by atoms with E-state index in [2.05, 4.69) is 24.9 Å². The SMILES string of the molecule is C=C1C[C@@H](CC(=O)O)O[C@H](/C=C/C(C)=C/C[C@@H]2O[C@H](C)[C@H](NC(=O)/C=C\[C@H](C)OC(C)=O)C[C@@H]2C)[C@H]1O. The molecule has 2 saturated heterocycles. The Morgan fingerprint density at radius 2 is 1.92 bits per heavy atom. The molecule has 0 saturated carbocycles. The molecule has 0 radical (unpaired) electrons. The van der Waals surface area contributed by atoms with Gasteiger partial charge < -0.3 is 29.7 Å². The summed E-state index contributed by atoms with van der Waals surface area (Å²) >= 11 is 0. The Morgan fingerprint density at radius 3 is 2.57 bits per heavy atom. The highest BCUT2D eigenvalue weighted by atomic mass is 16.5. The highest BCUT2D eigenvalue weighted by molar-refractivity contribution is 5.87. The summed E-state index contributed by atoms with van der Waals surface area (Å²) in [6.07, 6.45) is 7.53. The summed E-state index contributed by atoms with van der Waals surface area (Å²) in [5.74, 6) is -1.40. The maximum atomic E-state index is 12.3. The predicted molar refractivity (Wildman–Crippen MR) is 139 cm³/mol. The highest BCUT2D eigenvalue weighted by Gasteiger charge is 2.34. The summed E-state index contributed by atoms with van der Waals surface area (Å²) in [6.45, 7) is 12.8. The van der Waals surface area contributed by atoms with Gasteiger partial charge in [-0.05, 0) is 57.6 Å². The van der Waals surface area contributed by atoms with Gasteiger partial charge in [0, 0.05) is 13.0 Å². The molecule has 2 heterocycles. The minimum Gasteiger partial charge on any atom is -0.481 e. The topological polar surface area (TPSA) is 131 Å². The zero-order valence-corrected chi connectivity index (χ0v) is 22.4. The molecule has 0 aromatic carbocycles. The zero-order valence-electron chi connectivity index (χ0n) is 22.4. The molecule has 0 unspecified atom stereocenters. The lowest BCUT2D eigenvalue weighted by Gasteiger charge is -2.39. The minimum atomic E-state index is -0.948. The fourth-order valence-corrected chi connectivity index (χ4v) is 4.54. The summed E-state index contributed by atoms with van der Waals surface area (Å²) in [4.78, 5) is 34.3. The van der Waals surface area contributed by atoms with Gasteiger partial charge in [0.15, 0.2) is 0 Å². The Morgan fingerprint density at radius 1 is 1.22 bits per heavy atom. The molecule has 0 spiro atoms. The number of carbonyl (C=O) groups is 3.